The second-order valence-electron chi connectivity index (χ2n) is 5.88. The summed E-state index contributed by atoms with van der Waals surface area (Å²) in [6.07, 6.45) is 2.58. The van der Waals surface area contributed by atoms with E-state index in [1.807, 2.05) is 12.1 Å². The van der Waals surface area contributed by atoms with Crippen molar-refractivity contribution in [2.75, 3.05) is 12.4 Å². The number of methoxy groups -OCH3 is 1. The Hall–Kier alpha value is -3.00. The van der Waals surface area contributed by atoms with Crippen LogP contribution < -0.4 is 10.1 Å². The lowest BCUT2D eigenvalue weighted by atomic mass is 10.2. The van der Waals surface area contributed by atoms with Crippen LogP contribution >= 0.6 is 0 Å². The van der Waals surface area contributed by atoms with Crippen molar-refractivity contribution in [2.45, 2.75) is 19.3 Å². The third kappa shape index (κ3) is 3.33. The number of nitriles is 1. The van der Waals surface area contributed by atoms with E-state index in [1.165, 1.54) is 13.2 Å². The molecule has 2 atom stereocenters. The summed E-state index contributed by atoms with van der Waals surface area (Å²) in [6.45, 7) is 2.17. The van der Waals surface area contributed by atoms with E-state index in [0.717, 1.165) is 12.2 Å². The van der Waals surface area contributed by atoms with E-state index >= 15 is 0 Å². The van der Waals surface area contributed by atoms with Gasteiger partial charge in [-0.3, -0.25) is 4.79 Å². The number of anilines is 1. The van der Waals surface area contributed by atoms with Crippen molar-refractivity contribution in [1.29, 1.82) is 5.26 Å². The van der Waals surface area contributed by atoms with E-state index in [9.17, 15) is 10.1 Å². The smallest absolute Gasteiger partial charge is 0.266 e. The number of carbonyl (C=O) groups excluding carboxylic acids is 1. The van der Waals surface area contributed by atoms with Crippen LogP contribution in [-0.2, 0) is 4.79 Å². The van der Waals surface area contributed by atoms with Gasteiger partial charge in [-0.1, -0.05) is 19.1 Å². The Morgan fingerprint density at radius 3 is 2.79 bits per heavy atom. The molecule has 0 saturated heterocycles. The fraction of sp³-hybridized carbons (Fsp3) is 0.263. The molecule has 0 spiro atoms. The predicted octanol–water partition coefficient (Wildman–Crippen LogP) is 3.96. The maximum Gasteiger partial charge on any atom is 0.266 e. The van der Waals surface area contributed by atoms with Gasteiger partial charge in [0.25, 0.3) is 5.91 Å². The van der Waals surface area contributed by atoms with Crippen molar-refractivity contribution in [2.24, 2.45) is 5.92 Å². The summed E-state index contributed by atoms with van der Waals surface area (Å²) in [5, 5.41) is 12.0. The number of nitrogens with one attached hydrogen (secondary N) is 1. The van der Waals surface area contributed by atoms with Crippen LogP contribution in [0.2, 0.25) is 0 Å². The average Bonchev–Trinajstić information content (AvgIpc) is 3.14. The third-order valence-electron chi connectivity index (χ3n) is 4.13. The number of rotatable bonds is 5. The van der Waals surface area contributed by atoms with E-state index in [4.69, 9.17) is 9.15 Å². The molecule has 0 bridgehead atoms. The second-order valence-corrected chi connectivity index (χ2v) is 5.88. The van der Waals surface area contributed by atoms with Crippen LogP contribution in [0, 0.1) is 17.2 Å². The van der Waals surface area contributed by atoms with Crippen molar-refractivity contribution in [1.82, 2.24) is 0 Å². The zero-order chi connectivity index (χ0) is 17.1. The molecule has 122 valence electrons. The van der Waals surface area contributed by atoms with Gasteiger partial charge >= 0.3 is 0 Å². The third-order valence-corrected chi connectivity index (χ3v) is 4.13. The number of para-hydroxylation sites is 2. The summed E-state index contributed by atoms with van der Waals surface area (Å²) in [4.78, 5) is 12.3. The first-order chi connectivity index (χ1) is 11.6. The SMILES string of the molecule is COc1ccccc1NC(=O)/C(C#N)=C/c1ccc(C2CC2C)o1. The second kappa shape index (κ2) is 6.63. The Bertz CT molecular complexity index is 829. The highest BCUT2D eigenvalue weighted by molar-refractivity contribution is 6.10. The minimum Gasteiger partial charge on any atom is -0.495 e. The molecule has 1 amide bonds. The molecule has 2 unspecified atom stereocenters. The molecular weight excluding hydrogens is 304 g/mol. The summed E-state index contributed by atoms with van der Waals surface area (Å²) in [5.74, 6) is 2.55. The zero-order valence-corrected chi connectivity index (χ0v) is 13.6. The van der Waals surface area contributed by atoms with Crippen molar-refractivity contribution in [3.8, 4) is 11.8 Å². The van der Waals surface area contributed by atoms with Crippen LogP contribution in [-0.4, -0.2) is 13.0 Å². The van der Waals surface area contributed by atoms with Crippen molar-refractivity contribution in [3.05, 3.63) is 53.5 Å². The van der Waals surface area contributed by atoms with E-state index in [-0.39, 0.29) is 5.57 Å². The molecule has 5 heteroatoms. The van der Waals surface area contributed by atoms with Gasteiger partial charge < -0.3 is 14.5 Å². The van der Waals surface area contributed by atoms with Crippen molar-refractivity contribution < 1.29 is 13.9 Å². The lowest BCUT2D eigenvalue weighted by Crippen LogP contribution is -2.14. The van der Waals surface area contributed by atoms with Crippen LogP contribution in [0.3, 0.4) is 0 Å². The maximum absolute atomic E-state index is 12.3. The van der Waals surface area contributed by atoms with Gasteiger partial charge in [0.15, 0.2) is 0 Å². The highest BCUT2D eigenvalue weighted by atomic mass is 16.5. The molecule has 1 N–H and O–H groups in total. The number of ether oxygens (including phenoxy) is 1. The first-order valence-electron chi connectivity index (χ1n) is 7.78. The monoisotopic (exact) mass is 322 g/mol. The number of nitrogens with zero attached hydrogens (tertiary/aromatic N) is 1. The largest absolute Gasteiger partial charge is 0.495 e. The minimum atomic E-state index is -0.500. The molecule has 1 saturated carbocycles. The molecule has 24 heavy (non-hydrogen) atoms. The standard InChI is InChI=1S/C19H18N2O3/c1-12-9-15(12)17-8-7-14(24-17)10-13(11-20)19(22)21-16-5-3-4-6-18(16)23-2/h3-8,10,12,15H,9H2,1-2H3,(H,21,22)/b13-10+. The van der Waals surface area contributed by atoms with Gasteiger partial charge in [0.1, 0.15) is 28.9 Å². The molecule has 2 aromatic rings. The summed E-state index contributed by atoms with van der Waals surface area (Å²) in [6, 6.07) is 12.7. The molecule has 3 rings (SSSR count). The summed E-state index contributed by atoms with van der Waals surface area (Å²) in [5.41, 5.74) is 0.490. The Morgan fingerprint density at radius 2 is 2.12 bits per heavy atom. The maximum atomic E-state index is 12.3. The Labute approximate surface area is 140 Å². The highest BCUT2D eigenvalue weighted by Crippen LogP contribution is 2.47. The first kappa shape index (κ1) is 15.9. The van der Waals surface area contributed by atoms with Gasteiger partial charge in [-0.25, -0.2) is 0 Å². The van der Waals surface area contributed by atoms with E-state index in [2.05, 4.69) is 12.2 Å². The number of furan rings is 1. The number of benzene rings is 1. The molecule has 1 aliphatic carbocycles. The lowest BCUT2D eigenvalue weighted by Gasteiger charge is -2.08. The highest BCUT2D eigenvalue weighted by Gasteiger charge is 2.36. The fourth-order valence-electron chi connectivity index (χ4n) is 2.59. The van der Waals surface area contributed by atoms with Crippen LogP contribution in [0.15, 0.2) is 46.4 Å². The van der Waals surface area contributed by atoms with Crippen LogP contribution in [0.1, 0.15) is 30.8 Å². The van der Waals surface area contributed by atoms with Gasteiger partial charge in [0, 0.05) is 12.0 Å². The van der Waals surface area contributed by atoms with Crippen LogP contribution in [0.4, 0.5) is 5.69 Å². The molecule has 1 aromatic carbocycles. The number of amides is 1. The Kier molecular flexibility index (Phi) is 4.39. The van der Waals surface area contributed by atoms with E-state index < -0.39 is 5.91 Å². The topological polar surface area (TPSA) is 75.3 Å². The Balaban J connectivity index is 1.76. The van der Waals surface area contributed by atoms with Gasteiger partial charge in [-0.2, -0.15) is 5.26 Å². The average molecular weight is 322 g/mol. The number of hydrogen-bond donors (Lipinski definition) is 1. The van der Waals surface area contributed by atoms with Gasteiger partial charge in [-0.05, 0) is 36.6 Å². The lowest BCUT2D eigenvalue weighted by molar-refractivity contribution is -0.112. The summed E-state index contributed by atoms with van der Waals surface area (Å²) < 4.78 is 10.9. The molecule has 1 heterocycles. The van der Waals surface area contributed by atoms with E-state index in [0.29, 0.717) is 29.0 Å². The summed E-state index contributed by atoms with van der Waals surface area (Å²) in [7, 11) is 1.52. The number of carbonyl (C=O) groups is 1. The van der Waals surface area contributed by atoms with Crippen molar-refractivity contribution >= 4 is 17.7 Å². The molecular formula is C19H18N2O3. The van der Waals surface area contributed by atoms with Gasteiger partial charge in [-0.15, -0.1) is 0 Å². The number of hydrogen-bond acceptors (Lipinski definition) is 4. The first-order valence-corrected chi connectivity index (χ1v) is 7.78. The molecule has 1 aliphatic rings. The molecule has 0 aliphatic heterocycles. The van der Waals surface area contributed by atoms with Crippen LogP contribution in [0.25, 0.3) is 6.08 Å². The molecule has 1 aromatic heterocycles. The van der Waals surface area contributed by atoms with Gasteiger partial charge in [0.2, 0.25) is 0 Å². The van der Waals surface area contributed by atoms with Crippen LogP contribution in [0.5, 0.6) is 5.75 Å². The van der Waals surface area contributed by atoms with Gasteiger partial charge in [0.05, 0.1) is 12.8 Å². The normalized spacial score (nSPS) is 19.5. The molecule has 5 nitrogen and oxygen atoms in total. The molecule has 0 radical (unpaired) electrons. The molecule has 1 fully saturated rings. The quantitative estimate of drug-likeness (QED) is 0.668. The fourth-order valence-corrected chi connectivity index (χ4v) is 2.59. The Morgan fingerprint density at radius 1 is 1.38 bits per heavy atom. The predicted molar refractivity (Wildman–Crippen MR) is 90.4 cm³/mol. The van der Waals surface area contributed by atoms with Crippen molar-refractivity contribution in [3.63, 3.8) is 0 Å². The minimum absolute atomic E-state index is 0.0225. The van der Waals surface area contributed by atoms with E-state index in [1.54, 1.807) is 30.3 Å². The zero-order valence-electron chi connectivity index (χ0n) is 13.6. The summed E-state index contributed by atoms with van der Waals surface area (Å²) >= 11 is 0.